The van der Waals surface area contributed by atoms with Gasteiger partial charge in [0.25, 0.3) is 0 Å². The van der Waals surface area contributed by atoms with Crippen LogP contribution in [0, 0.1) is 46.3 Å². The summed E-state index contributed by atoms with van der Waals surface area (Å²) in [5.41, 5.74) is 1.67. The van der Waals surface area contributed by atoms with Crippen LogP contribution >= 0.6 is 0 Å². The highest BCUT2D eigenvalue weighted by molar-refractivity contribution is 5.79. The molecule has 2 nitrogen and oxygen atoms in total. The van der Waals surface area contributed by atoms with Crippen LogP contribution in [-0.4, -0.2) is 12.1 Å². The molecule has 3 fully saturated rings. The van der Waals surface area contributed by atoms with Crippen molar-refractivity contribution in [1.82, 2.24) is 5.32 Å². The molecule has 32 heavy (non-hydrogen) atoms. The van der Waals surface area contributed by atoms with Crippen molar-refractivity contribution < 1.29 is 18.0 Å². The molecule has 3 aliphatic carbocycles. The predicted octanol–water partition coefficient (Wildman–Crippen LogP) is 7.64. The molecule has 1 N–H and O–H groups in total. The van der Waals surface area contributed by atoms with Crippen LogP contribution in [0.1, 0.15) is 98.3 Å². The lowest BCUT2D eigenvalue weighted by atomic mass is 9.48. The van der Waals surface area contributed by atoms with Crippen molar-refractivity contribution in [2.75, 3.05) is 0 Å². The second kappa shape index (κ2) is 8.65. The molecule has 1 saturated heterocycles. The highest BCUT2D eigenvalue weighted by atomic mass is 19.4. The minimum Gasteiger partial charge on any atom is -0.330 e. The smallest absolute Gasteiger partial charge is 0.330 e. The maximum absolute atomic E-state index is 12.6. The van der Waals surface area contributed by atoms with Gasteiger partial charge in [0.15, 0.2) is 0 Å². The Morgan fingerprint density at radius 2 is 1.84 bits per heavy atom. The molecular formula is C27H42F3NO. The van der Waals surface area contributed by atoms with Crippen LogP contribution < -0.4 is 5.32 Å². The fourth-order valence-corrected chi connectivity index (χ4v) is 8.66. The zero-order valence-corrected chi connectivity index (χ0v) is 20.4. The lowest BCUT2D eigenvalue weighted by Crippen LogP contribution is -2.53. The SMILES string of the molecule is CC(CCC[C@@H](C)[C@H]1CC[C@H]2[C@@H]3CC=C4NC(=O)CC[C@]4(C)[C@H]3CC[C@]12C)CC(F)(F)F. The number of amides is 1. The average Bonchev–Trinajstić information content (AvgIpc) is 3.04. The van der Waals surface area contributed by atoms with Crippen molar-refractivity contribution in [2.45, 2.75) is 105 Å². The van der Waals surface area contributed by atoms with E-state index in [9.17, 15) is 18.0 Å². The lowest BCUT2D eigenvalue weighted by Gasteiger charge is -2.57. The fourth-order valence-electron chi connectivity index (χ4n) is 8.66. The number of hydrogen-bond donors (Lipinski definition) is 1. The maximum atomic E-state index is 12.6. The summed E-state index contributed by atoms with van der Waals surface area (Å²) in [6.45, 7) is 9.01. The minimum absolute atomic E-state index is 0.122. The quantitative estimate of drug-likeness (QED) is 0.440. The molecule has 2 saturated carbocycles. The number of nitrogens with one attached hydrogen (secondary N) is 1. The van der Waals surface area contributed by atoms with Crippen molar-refractivity contribution in [1.29, 1.82) is 0 Å². The zero-order valence-electron chi connectivity index (χ0n) is 20.4. The number of carbonyl (C=O) groups excluding carboxylic acids is 1. The summed E-state index contributed by atoms with van der Waals surface area (Å²) in [5, 5.41) is 3.19. The molecular weight excluding hydrogens is 411 g/mol. The van der Waals surface area contributed by atoms with Gasteiger partial charge >= 0.3 is 6.18 Å². The average molecular weight is 454 g/mol. The van der Waals surface area contributed by atoms with E-state index in [1.807, 2.05) is 0 Å². The molecule has 0 spiro atoms. The number of allylic oxidation sites excluding steroid dienone is 2. The van der Waals surface area contributed by atoms with Gasteiger partial charge in [-0.15, -0.1) is 0 Å². The van der Waals surface area contributed by atoms with Gasteiger partial charge in [-0.05, 0) is 79.4 Å². The molecule has 0 aromatic heterocycles. The Morgan fingerprint density at radius 3 is 2.56 bits per heavy atom. The first-order valence-corrected chi connectivity index (χ1v) is 13.0. The van der Waals surface area contributed by atoms with Crippen LogP contribution in [-0.2, 0) is 4.79 Å². The van der Waals surface area contributed by atoms with Crippen molar-refractivity contribution in [3.63, 3.8) is 0 Å². The molecule has 1 amide bonds. The van der Waals surface area contributed by atoms with Crippen LogP contribution in [0.15, 0.2) is 11.8 Å². The van der Waals surface area contributed by atoms with E-state index in [0.29, 0.717) is 41.9 Å². The van der Waals surface area contributed by atoms with Gasteiger partial charge in [-0.1, -0.05) is 53.0 Å². The van der Waals surface area contributed by atoms with E-state index in [0.717, 1.165) is 31.6 Å². The third-order valence-electron chi connectivity index (χ3n) is 10.3. The van der Waals surface area contributed by atoms with Gasteiger partial charge in [-0.2, -0.15) is 13.2 Å². The highest BCUT2D eigenvalue weighted by Crippen LogP contribution is 2.66. The molecule has 1 heterocycles. The number of alkyl halides is 3. The van der Waals surface area contributed by atoms with Gasteiger partial charge < -0.3 is 5.32 Å². The molecule has 4 rings (SSSR count). The Balaban J connectivity index is 1.39. The molecule has 5 heteroatoms. The van der Waals surface area contributed by atoms with E-state index in [1.54, 1.807) is 6.92 Å². The minimum atomic E-state index is -4.04. The molecule has 1 aliphatic heterocycles. The molecule has 4 aliphatic rings. The molecule has 0 bridgehead atoms. The third-order valence-corrected chi connectivity index (χ3v) is 10.3. The van der Waals surface area contributed by atoms with E-state index in [2.05, 4.69) is 32.2 Å². The van der Waals surface area contributed by atoms with Gasteiger partial charge in [-0.3, -0.25) is 4.79 Å². The van der Waals surface area contributed by atoms with Crippen LogP contribution in [0.5, 0.6) is 0 Å². The summed E-state index contributed by atoms with van der Waals surface area (Å²) in [6, 6.07) is 0. The molecule has 0 aromatic rings. The Kier molecular flexibility index (Phi) is 6.53. The second-order valence-electron chi connectivity index (χ2n) is 12.3. The molecule has 0 aromatic carbocycles. The normalized spacial score (nSPS) is 41.1. The highest BCUT2D eigenvalue weighted by Gasteiger charge is 2.59. The van der Waals surface area contributed by atoms with Crippen LogP contribution in [0.4, 0.5) is 13.2 Å². The molecule has 8 atom stereocenters. The summed E-state index contributed by atoms with van der Waals surface area (Å²) >= 11 is 0. The Hall–Kier alpha value is -1.00. The summed E-state index contributed by atoms with van der Waals surface area (Å²) in [5.74, 6) is 3.29. The largest absolute Gasteiger partial charge is 0.389 e. The number of fused-ring (bicyclic) bond motifs is 5. The number of halogens is 3. The van der Waals surface area contributed by atoms with Crippen LogP contribution in [0.3, 0.4) is 0 Å². The number of piperidine rings is 1. The monoisotopic (exact) mass is 453 g/mol. The molecule has 0 radical (unpaired) electrons. The van der Waals surface area contributed by atoms with E-state index < -0.39 is 12.6 Å². The fraction of sp³-hybridized carbons (Fsp3) is 0.889. The summed E-state index contributed by atoms with van der Waals surface area (Å²) < 4.78 is 37.9. The van der Waals surface area contributed by atoms with Gasteiger partial charge in [0.1, 0.15) is 0 Å². The molecule has 1 unspecified atom stereocenters. The first-order valence-electron chi connectivity index (χ1n) is 13.0. The number of carbonyl (C=O) groups is 1. The maximum Gasteiger partial charge on any atom is 0.389 e. The van der Waals surface area contributed by atoms with Gasteiger partial charge in [0.05, 0.1) is 0 Å². The van der Waals surface area contributed by atoms with Crippen molar-refractivity contribution in [3.8, 4) is 0 Å². The van der Waals surface area contributed by atoms with E-state index in [-0.39, 0.29) is 17.2 Å². The van der Waals surface area contributed by atoms with Gasteiger partial charge in [-0.25, -0.2) is 0 Å². The van der Waals surface area contributed by atoms with Gasteiger partial charge in [0.2, 0.25) is 5.91 Å². The molecule has 182 valence electrons. The lowest BCUT2D eigenvalue weighted by molar-refractivity contribution is -0.143. The number of hydrogen-bond acceptors (Lipinski definition) is 1. The summed E-state index contributed by atoms with van der Waals surface area (Å²) in [4.78, 5) is 12.0. The van der Waals surface area contributed by atoms with E-state index in [4.69, 9.17) is 0 Å². The van der Waals surface area contributed by atoms with Crippen molar-refractivity contribution >= 4 is 5.91 Å². The van der Waals surface area contributed by atoms with Gasteiger partial charge in [0, 0.05) is 24.0 Å². The predicted molar refractivity (Wildman–Crippen MR) is 122 cm³/mol. The Morgan fingerprint density at radius 1 is 1.09 bits per heavy atom. The zero-order chi connectivity index (χ0) is 23.3. The van der Waals surface area contributed by atoms with E-state index >= 15 is 0 Å². The van der Waals surface area contributed by atoms with Crippen molar-refractivity contribution in [2.24, 2.45) is 46.3 Å². The summed E-state index contributed by atoms with van der Waals surface area (Å²) in [6.07, 6.45) is 8.07. The number of rotatable bonds is 6. The Bertz CT molecular complexity index is 746. The first kappa shape index (κ1) is 24.1. The summed E-state index contributed by atoms with van der Waals surface area (Å²) in [7, 11) is 0. The topological polar surface area (TPSA) is 29.1 Å². The van der Waals surface area contributed by atoms with E-state index in [1.165, 1.54) is 31.4 Å². The third kappa shape index (κ3) is 4.39. The van der Waals surface area contributed by atoms with Crippen molar-refractivity contribution in [3.05, 3.63) is 11.8 Å². The van der Waals surface area contributed by atoms with Crippen LogP contribution in [0.25, 0.3) is 0 Å². The second-order valence-corrected chi connectivity index (χ2v) is 12.3. The van der Waals surface area contributed by atoms with Crippen LogP contribution in [0.2, 0.25) is 0 Å². The standard InChI is InChI=1S/C27H42F3NO/c1-17(16-27(28,29)30)6-5-7-18(2)20-9-10-21-19-8-11-23-26(4,15-13-24(32)31-23)22(19)12-14-25(20,21)3/h11,17-22H,5-10,12-16H2,1-4H3,(H,31,32)/t17?,18-,19+,20-,21+,22+,25-,26-/m1/s1. The Labute approximate surface area is 192 Å². The first-order chi connectivity index (χ1) is 14.9.